The summed E-state index contributed by atoms with van der Waals surface area (Å²) in [4.78, 5) is 11.9. The van der Waals surface area contributed by atoms with E-state index in [4.69, 9.17) is 5.11 Å². The van der Waals surface area contributed by atoms with E-state index in [9.17, 15) is 21.6 Å². The summed E-state index contributed by atoms with van der Waals surface area (Å²) >= 11 is 1.39. The Hall–Kier alpha value is -2.63. The molecule has 0 saturated heterocycles. The van der Waals surface area contributed by atoms with Crippen LogP contribution in [0.4, 0.5) is 4.79 Å². The van der Waals surface area contributed by atoms with E-state index in [2.05, 4.69) is 0 Å². The molecule has 0 aliphatic rings. The molecule has 3 rings (SSSR count). The number of thiophene rings is 1. The van der Waals surface area contributed by atoms with Gasteiger partial charge in [0.25, 0.3) is 10.0 Å². The van der Waals surface area contributed by atoms with E-state index in [0.29, 0.717) is 16.8 Å². The van der Waals surface area contributed by atoms with Crippen molar-refractivity contribution >= 4 is 37.3 Å². The molecule has 3 aromatic rings. The van der Waals surface area contributed by atoms with Crippen LogP contribution in [0.3, 0.4) is 0 Å². The number of benzene rings is 1. The molecule has 29 heavy (non-hydrogen) atoms. The number of carboxylic acid groups (broad SMARTS) is 1. The zero-order valence-corrected chi connectivity index (χ0v) is 18.0. The smallest absolute Gasteiger partial charge is 0.407 e. The number of aromatic nitrogens is 1. The van der Waals surface area contributed by atoms with Crippen molar-refractivity contribution in [3.63, 3.8) is 0 Å². The first kappa shape index (κ1) is 21.1. The van der Waals surface area contributed by atoms with E-state index in [0.717, 1.165) is 21.2 Å². The third kappa shape index (κ3) is 4.36. The molecule has 0 saturated carbocycles. The van der Waals surface area contributed by atoms with Crippen LogP contribution in [-0.2, 0) is 26.4 Å². The zero-order valence-electron chi connectivity index (χ0n) is 15.5. The van der Waals surface area contributed by atoms with Crippen LogP contribution in [0.25, 0.3) is 11.3 Å². The zero-order chi connectivity index (χ0) is 21.4. The highest BCUT2D eigenvalue weighted by molar-refractivity contribution is 7.91. The molecule has 1 amide bonds. The molecule has 0 spiro atoms. The molecule has 0 aliphatic heterocycles. The minimum Gasteiger partial charge on any atom is -0.465 e. The summed E-state index contributed by atoms with van der Waals surface area (Å²) in [5.41, 5.74) is 1.51. The molecule has 0 radical (unpaired) electrons. The molecule has 1 N–H and O–H groups in total. The molecule has 2 heterocycles. The molecule has 1 aromatic carbocycles. The standard InChI is InChI=1S/C18H18N2O6S3/c1-19(18(21)22)10-13-8-17(14-6-7-27-12-14)20(11-13)29(25,26)16-5-3-4-15(9-16)28(2,23)24/h3-9,11-12H,10H2,1-2H3,(H,21,22). The highest BCUT2D eigenvalue weighted by Crippen LogP contribution is 2.29. The van der Waals surface area contributed by atoms with E-state index in [1.165, 1.54) is 42.8 Å². The van der Waals surface area contributed by atoms with Crippen molar-refractivity contribution in [1.82, 2.24) is 8.87 Å². The Balaban J connectivity index is 2.16. The summed E-state index contributed by atoms with van der Waals surface area (Å²) in [6, 6.07) is 8.51. The first-order chi connectivity index (χ1) is 13.5. The molecule has 8 nitrogen and oxygen atoms in total. The van der Waals surface area contributed by atoms with E-state index >= 15 is 0 Å². The molecule has 0 aliphatic carbocycles. The van der Waals surface area contributed by atoms with Crippen molar-refractivity contribution in [2.75, 3.05) is 13.3 Å². The fraction of sp³-hybridized carbons (Fsp3) is 0.167. The number of hydrogen-bond donors (Lipinski definition) is 1. The lowest BCUT2D eigenvalue weighted by Gasteiger charge is -2.11. The number of amides is 1. The number of sulfone groups is 1. The molecule has 0 unspecified atom stereocenters. The van der Waals surface area contributed by atoms with Crippen LogP contribution >= 0.6 is 11.3 Å². The van der Waals surface area contributed by atoms with Crippen LogP contribution in [0.15, 0.2) is 63.1 Å². The monoisotopic (exact) mass is 454 g/mol. The first-order valence-electron chi connectivity index (χ1n) is 8.24. The molecule has 0 atom stereocenters. The van der Waals surface area contributed by atoms with Gasteiger partial charge >= 0.3 is 6.09 Å². The highest BCUT2D eigenvalue weighted by Gasteiger charge is 2.24. The quantitative estimate of drug-likeness (QED) is 0.613. The fourth-order valence-corrected chi connectivity index (χ4v) is 5.56. The molecular weight excluding hydrogens is 436 g/mol. The lowest BCUT2D eigenvalue weighted by molar-refractivity contribution is 0.154. The first-order valence-corrected chi connectivity index (χ1v) is 12.5. The van der Waals surface area contributed by atoms with Gasteiger partial charge in [0.1, 0.15) is 0 Å². The summed E-state index contributed by atoms with van der Waals surface area (Å²) in [6.07, 6.45) is 1.22. The minimum atomic E-state index is -4.12. The Morgan fingerprint density at radius 2 is 1.83 bits per heavy atom. The minimum absolute atomic E-state index is 0.00162. The Morgan fingerprint density at radius 1 is 1.14 bits per heavy atom. The van der Waals surface area contributed by atoms with Crippen LogP contribution in [0.1, 0.15) is 5.56 Å². The third-order valence-electron chi connectivity index (χ3n) is 4.20. The van der Waals surface area contributed by atoms with E-state index < -0.39 is 26.0 Å². The summed E-state index contributed by atoms with van der Waals surface area (Å²) in [5.74, 6) is 0. The lowest BCUT2D eigenvalue weighted by atomic mass is 10.2. The van der Waals surface area contributed by atoms with Crippen molar-refractivity contribution < 1.29 is 26.7 Å². The Morgan fingerprint density at radius 3 is 2.41 bits per heavy atom. The topological polar surface area (TPSA) is 114 Å². The van der Waals surface area contributed by atoms with Crippen LogP contribution in [-0.4, -0.2) is 50.2 Å². The lowest BCUT2D eigenvalue weighted by Crippen LogP contribution is -2.23. The Kier molecular flexibility index (Phi) is 5.57. The number of nitrogens with zero attached hydrogens (tertiary/aromatic N) is 2. The predicted molar refractivity (Wildman–Crippen MR) is 109 cm³/mol. The van der Waals surface area contributed by atoms with Gasteiger partial charge in [-0.1, -0.05) is 6.07 Å². The molecule has 11 heteroatoms. The highest BCUT2D eigenvalue weighted by atomic mass is 32.2. The summed E-state index contributed by atoms with van der Waals surface area (Å²) < 4.78 is 51.3. The van der Waals surface area contributed by atoms with Crippen molar-refractivity contribution in [2.24, 2.45) is 0 Å². The molecule has 154 valence electrons. The van der Waals surface area contributed by atoms with Gasteiger partial charge < -0.3 is 10.0 Å². The van der Waals surface area contributed by atoms with E-state index in [1.807, 2.05) is 0 Å². The Bertz CT molecular complexity index is 1260. The van der Waals surface area contributed by atoms with Crippen LogP contribution < -0.4 is 0 Å². The summed E-state index contributed by atoms with van der Waals surface area (Å²) in [7, 11) is -6.33. The van der Waals surface area contributed by atoms with Gasteiger partial charge in [-0.2, -0.15) is 11.3 Å². The van der Waals surface area contributed by atoms with Gasteiger partial charge in [-0.25, -0.2) is 25.6 Å². The number of rotatable bonds is 6. The largest absolute Gasteiger partial charge is 0.465 e. The second kappa shape index (κ2) is 7.65. The fourth-order valence-electron chi connectivity index (χ4n) is 2.72. The number of carbonyl (C=O) groups is 1. The summed E-state index contributed by atoms with van der Waals surface area (Å²) in [5, 5.41) is 12.7. The maximum Gasteiger partial charge on any atom is 0.407 e. The molecule has 0 bridgehead atoms. The van der Waals surface area contributed by atoms with Gasteiger partial charge in [-0.3, -0.25) is 0 Å². The third-order valence-corrected chi connectivity index (χ3v) is 7.66. The van der Waals surface area contributed by atoms with E-state index in [1.54, 1.807) is 22.9 Å². The second-order valence-corrected chi connectivity index (χ2v) is 11.0. The SMILES string of the molecule is CN(Cc1cc(-c2ccsc2)n(S(=O)(=O)c2cccc(S(C)(=O)=O)c2)c1)C(=O)O. The molecule has 2 aromatic heterocycles. The normalized spacial score (nSPS) is 12.1. The second-order valence-electron chi connectivity index (χ2n) is 6.43. The van der Waals surface area contributed by atoms with Gasteiger partial charge in [0.2, 0.25) is 0 Å². The van der Waals surface area contributed by atoms with Gasteiger partial charge in [-0.05, 0) is 41.3 Å². The van der Waals surface area contributed by atoms with Crippen LogP contribution in [0, 0.1) is 0 Å². The summed E-state index contributed by atoms with van der Waals surface area (Å²) in [6.45, 7) is -0.00162. The van der Waals surface area contributed by atoms with Gasteiger partial charge in [0.15, 0.2) is 9.84 Å². The predicted octanol–water partition coefficient (Wildman–Crippen LogP) is 2.97. The van der Waals surface area contributed by atoms with Crippen molar-refractivity contribution in [1.29, 1.82) is 0 Å². The van der Waals surface area contributed by atoms with Crippen molar-refractivity contribution in [3.8, 4) is 11.3 Å². The maximum absolute atomic E-state index is 13.3. The molecular formula is C18H18N2O6S3. The van der Waals surface area contributed by atoms with Crippen LogP contribution in [0.5, 0.6) is 0 Å². The van der Waals surface area contributed by atoms with Gasteiger partial charge in [0, 0.05) is 30.4 Å². The number of hydrogen-bond acceptors (Lipinski definition) is 6. The van der Waals surface area contributed by atoms with E-state index in [-0.39, 0.29) is 16.3 Å². The average Bonchev–Trinajstić information content (AvgIpc) is 3.30. The average molecular weight is 455 g/mol. The molecule has 0 fully saturated rings. The van der Waals surface area contributed by atoms with Crippen LogP contribution in [0.2, 0.25) is 0 Å². The van der Waals surface area contributed by atoms with Gasteiger partial charge in [-0.15, -0.1) is 0 Å². The van der Waals surface area contributed by atoms with Crippen molar-refractivity contribution in [3.05, 3.63) is 58.9 Å². The van der Waals surface area contributed by atoms with Crippen molar-refractivity contribution in [2.45, 2.75) is 16.3 Å². The Labute approximate surface area is 172 Å². The maximum atomic E-state index is 13.3. The van der Waals surface area contributed by atoms with Gasteiger partial charge in [0.05, 0.1) is 22.0 Å².